The molecule has 4 nitrogen and oxygen atoms in total. The molecule has 0 aromatic carbocycles. The van der Waals surface area contributed by atoms with Crippen LogP contribution in [0.5, 0.6) is 0 Å². The maximum atomic E-state index is 11.1. The van der Waals surface area contributed by atoms with Gasteiger partial charge in [0.15, 0.2) is 0 Å². The molecule has 13 heavy (non-hydrogen) atoms. The van der Waals surface area contributed by atoms with Gasteiger partial charge in [0.25, 0.3) is 0 Å². The number of methoxy groups -OCH3 is 1. The third kappa shape index (κ3) is 5.47. The number of carbonyl (C=O) groups excluding carboxylic acids is 1. The lowest BCUT2D eigenvalue weighted by Crippen LogP contribution is -2.40. The molecule has 1 atom stereocenters. The molecule has 0 aromatic heterocycles. The van der Waals surface area contributed by atoms with E-state index in [2.05, 4.69) is 5.32 Å². The smallest absolute Gasteiger partial charge is 0.409 e. The van der Waals surface area contributed by atoms with Gasteiger partial charge in [-0.15, -0.1) is 0 Å². The molecule has 0 saturated heterocycles. The van der Waals surface area contributed by atoms with Crippen LogP contribution in [-0.2, 0) is 9.47 Å². The van der Waals surface area contributed by atoms with Crippen LogP contribution in [0.4, 0.5) is 4.79 Å². The molecule has 0 bridgehead atoms. The highest BCUT2D eigenvalue weighted by atomic mass is 16.6. The molecule has 1 N–H and O–H groups in total. The monoisotopic (exact) mass is 189 g/mol. The first-order chi connectivity index (χ1) is 5.97. The fourth-order valence-electron chi connectivity index (χ4n) is 0.862. The Hall–Kier alpha value is -0.770. The molecular formula is C9H19NO3. The van der Waals surface area contributed by atoms with Crippen LogP contribution in [0.1, 0.15) is 27.7 Å². The molecule has 78 valence electrons. The van der Waals surface area contributed by atoms with Gasteiger partial charge in [0.05, 0.1) is 6.10 Å². The lowest BCUT2D eigenvalue weighted by atomic mass is 10.2. The van der Waals surface area contributed by atoms with E-state index in [9.17, 15) is 4.79 Å². The highest BCUT2D eigenvalue weighted by Gasteiger charge is 2.16. The summed E-state index contributed by atoms with van der Waals surface area (Å²) in [5.74, 6) is 0.227. The second-order valence-corrected chi connectivity index (χ2v) is 3.50. The SMILES string of the molecule is COC(NC(=O)OC(C)C)C(C)C. The van der Waals surface area contributed by atoms with Crippen molar-refractivity contribution < 1.29 is 14.3 Å². The number of hydrogen-bond acceptors (Lipinski definition) is 3. The summed E-state index contributed by atoms with van der Waals surface area (Å²) < 4.78 is 9.95. The Balaban J connectivity index is 3.87. The van der Waals surface area contributed by atoms with Gasteiger partial charge >= 0.3 is 6.09 Å². The molecule has 0 aliphatic rings. The zero-order valence-electron chi connectivity index (χ0n) is 8.96. The summed E-state index contributed by atoms with van der Waals surface area (Å²) in [6, 6.07) is 0. The number of amides is 1. The lowest BCUT2D eigenvalue weighted by molar-refractivity contribution is 0.0267. The zero-order chi connectivity index (χ0) is 10.4. The molecule has 1 unspecified atom stereocenters. The summed E-state index contributed by atoms with van der Waals surface area (Å²) in [7, 11) is 1.56. The van der Waals surface area contributed by atoms with E-state index >= 15 is 0 Å². The summed E-state index contributed by atoms with van der Waals surface area (Å²) in [6.45, 7) is 7.53. The molecule has 1 amide bonds. The van der Waals surface area contributed by atoms with Crippen LogP contribution in [-0.4, -0.2) is 25.5 Å². The minimum atomic E-state index is -0.435. The van der Waals surface area contributed by atoms with Crippen molar-refractivity contribution in [3.63, 3.8) is 0 Å². The van der Waals surface area contributed by atoms with Crippen molar-refractivity contribution in [3.05, 3.63) is 0 Å². The van der Waals surface area contributed by atoms with Gasteiger partial charge < -0.3 is 9.47 Å². The molecule has 0 aromatic rings. The highest BCUT2D eigenvalue weighted by Crippen LogP contribution is 2.02. The maximum Gasteiger partial charge on any atom is 0.409 e. The molecule has 0 spiro atoms. The van der Waals surface area contributed by atoms with E-state index in [4.69, 9.17) is 9.47 Å². The first-order valence-electron chi connectivity index (χ1n) is 4.47. The third-order valence-electron chi connectivity index (χ3n) is 1.46. The predicted molar refractivity (Wildman–Crippen MR) is 50.4 cm³/mol. The van der Waals surface area contributed by atoms with Crippen LogP contribution >= 0.6 is 0 Å². The van der Waals surface area contributed by atoms with Crippen molar-refractivity contribution in [3.8, 4) is 0 Å². The van der Waals surface area contributed by atoms with Crippen LogP contribution in [0.15, 0.2) is 0 Å². The normalized spacial score (nSPS) is 13.2. The lowest BCUT2D eigenvalue weighted by Gasteiger charge is -2.20. The number of alkyl carbamates (subject to hydrolysis) is 1. The molecule has 0 fully saturated rings. The standard InChI is InChI=1S/C9H19NO3/c1-6(2)8(12-5)10-9(11)13-7(3)4/h6-8H,1-5H3,(H,10,11). The van der Waals surface area contributed by atoms with E-state index in [0.29, 0.717) is 0 Å². The highest BCUT2D eigenvalue weighted by molar-refractivity contribution is 5.67. The Labute approximate surface area is 79.6 Å². The number of carbonyl (C=O) groups is 1. The number of nitrogens with one attached hydrogen (secondary N) is 1. The summed E-state index contributed by atoms with van der Waals surface area (Å²) in [5.41, 5.74) is 0. The van der Waals surface area contributed by atoms with E-state index in [1.807, 2.05) is 13.8 Å². The zero-order valence-corrected chi connectivity index (χ0v) is 8.96. The van der Waals surface area contributed by atoms with Crippen LogP contribution in [0.25, 0.3) is 0 Å². The largest absolute Gasteiger partial charge is 0.447 e. The minimum Gasteiger partial charge on any atom is -0.447 e. The van der Waals surface area contributed by atoms with Crippen molar-refractivity contribution in [1.82, 2.24) is 5.32 Å². The average Bonchev–Trinajstić information content (AvgIpc) is 1.98. The second-order valence-electron chi connectivity index (χ2n) is 3.50. The van der Waals surface area contributed by atoms with Crippen molar-refractivity contribution >= 4 is 6.09 Å². The number of hydrogen-bond donors (Lipinski definition) is 1. The fraction of sp³-hybridized carbons (Fsp3) is 0.889. The minimum absolute atomic E-state index is 0.107. The Morgan fingerprint density at radius 2 is 1.77 bits per heavy atom. The van der Waals surface area contributed by atoms with Crippen molar-refractivity contribution in [2.45, 2.75) is 40.0 Å². The molecule has 4 heteroatoms. The van der Waals surface area contributed by atoms with Gasteiger partial charge in [0.2, 0.25) is 0 Å². The van der Waals surface area contributed by atoms with Crippen molar-refractivity contribution in [2.75, 3.05) is 7.11 Å². The second kappa shape index (κ2) is 5.80. The number of ether oxygens (including phenoxy) is 2. The van der Waals surface area contributed by atoms with E-state index < -0.39 is 6.09 Å². The average molecular weight is 189 g/mol. The van der Waals surface area contributed by atoms with Gasteiger partial charge in [-0.25, -0.2) is 4.79 Å². The summed E-state index contributed by atoms with van der Waals surface area (Å²) in [4.78, 5) is 11.1. The summed E-state index contributed by atoms with van der Waals surface area (Å²) >= 11 is 0. The van der Waals surface area contributed by atoms with Gasteiger partial charge in [0, 0.05) is 7.11 Å². The Bertz CT molecular complexity index is 157. The van der Waals surface area contributed by atoms with E-state index in [-0.39, 0.29) is 18.2 Å². The van der Waals surface area contributed by atoms with Gasteiger partial charge in [-0.2, -0.15) is 0 Å². The molecule has 0 saturated carbocycles. The molecular weight excluding hydrogens is 170 g/mol. The molecule has 0 rings (SSSR count). The van der Waals surface area contributed by atoms with Crippen molar-refractivity contribution in [1.29, 1.82) is 0 Å². The van der Waals surface area contributed by atoms with Gasteiger partial charge in [0.1, 0.15) is 6.23 Å². The van der Waals surface area contributed by atoms with E-state index in [0.717, 1.165) is 0 Å². The Morgan fingerprint density at radius 1 is 1.23 bits per heavy atom. The van der Waals surface area contributed by atoms with E-state index in [1.165, 1.54) is 0 Å². The van der Waals surface area contributed by atoms with Crippen LogP contribution in [0, 0.1) is 5.92 Å². The first-order valence-corrected chi connectivity index (χ1v) is 4.47. The predicted octanol–water partition coefficient (Wildman–Crippen LogP) is 1.75. The first kappa shape index (κ1) is 12.2. The fourth-order valence-corrected chi connectivity index (χ4v) is 0.862. The van der Waals surface area contributed by atoms with Gasteiger partial charge in [-0.05, 0) is 19.8 Å². The molecule has 0 heterocycles. The van der Waals surface area contributed by atoms with E-state index in [1.54, 1.807) is 21.0 Å². The van der Waals surface area contributed by atoms with Crippen LogP contribution in [0.2, 0.25) is 0 Å². The van der Waals surface area contributed by atoms with Crippen LogP contribution < -0.4 is 5.32 Å². The quantitative estimate of drug-likeness (QED) is 0.685. The Kier molecular flexibility index (Phi) is 5.46. The van der Waals surface area contributed by atoms with Crippen LogP contribution in [0.3, 0.4) is 0 Å². The summed E-state index contributed by atoms with van der Waals surface area (Å²) in [6.07, 6.45) is -0.827. The summed E-state index contributed by atoms with van der Waals surface area (Å²) in [5, 5.41) is 2.61. The van der Waals surface area contributed by atoms with Crippen molar-refractivity contribution in [2.24, 2.45) is 5.92 Å². The molecule has 0 radical (unpaired) electrons. The Morgan fingerprint density at radius 3 is 2.08 bits per heavy atom. The molecule has 0 aliphatic carbocycles. The van der Waals surface area contributed by atoms with Gasteiger partial charge in [-0.3, -0.25) is 5.32 Å². The topological polar surface area (TPSA) is 47.6 Å². The molecule has 0 aliphatic heterocycles. The third-order valence-corrected chi connectivity index (χ3v) is 1.46. The maximum absolute atomic E-state index is 11.1. The van der Waals surface area contributed by atoms with Gasteiger partial charge in [-0.1, -0.05) is 13.8 Å². The number of rotatable bonds is 4.